The molecule has 22 heavy (non-hydrogen) atoms. The quantitative estimate of drug-likeness (QED) is 0.941. The van der Waals surface area contributed by atoms with Gasteiger partial charge in [-0.15, -0.1) is 11.3 Å². The van der Waals surface area contributed by atoms with Gasteiger partial charge in [0.05, 0.1) is 6.42 Å². The van der Waals surface area contributed by atoms with E-state index in [4.69, 9.17) is 5.73 Å². The monoisotopic (exact) mass is 329 g/mol. The van der Waals surface area contributed by atoms with Gasteiger partial charge in [-0.2, -0.15) is 13.2 Å². The van der Waals surface area contributed by atoms with Gasteiger partial charge in [-0.25, -0.2) is 9.97 Å². The Labute approximate surface area is 128 Å². The Morgan fingerprint density at radius 1 is 1.45 bits per heavy atom. The van der Waals surface area contributed by atoms with Crippen molar-refractivity contribution in [2.24, 2.45) is 11.7 Å². The highest BCUT2D eigenvalue weighted by Crippen LogP contribution is 2.37. The Balaban J connectivity index is 1.87. The van der Waals surface area contributed by atoms with Gasteiger partial charge in [-0.3, -0.25) is 4.79 Å². The van der Waals surface area contributed by atoms with Crippen LogP contribution in [0.4, 0.5) is 13.2 Å². The lowest BCUT2D eigenvalue weighted by Crippen LogP contribution is -2.27. The number of halogens is 3. The summed E-state index contributed by atoms with van der Waals surface area (Å²) in [6.45, 7) is 0. The number of alkyl halides is 3. The average Bonchev–Trinajstić information content (AvgIpc) is 2.80. The third-order valence-electron chi connectivity index (χ3n) is 3.89. The fourth-order valence-electron chi connectivity index (χ4n) is 2.71. The number of fused-ring (bicyclic) bond motifs is 3. The lowest BCUT2D eigenvalue weighted by atomic mass is 9.87. The molecule has 2 aromatic heterocycles. The van der Waals surface area contributed by atoms with Crippen molar-refractivity contribution in [3.05, 3.63) is 22.5 Å². The molecule has 0 bridgehead atoms. The van der Waals surface area contributed by atoms with Gasteiger partial charge < -0.3 is 5.73 Å². The second-order valence-electron chi connectivity index (χ2n) is 5.47. The standard InChI is InChI=1S/C14H14F3N3OS/c15-14(16,17)4-3-11-19-6-9-8-2-1-7(12(18)21)5-10(8)22-13(9)20-11/h6-7H,1-5H2,(H2,18,21). The molecule has 3 rings (SSSR count). The summed E-state index contributed by atoms with van der Waals surface area (Å²) in [6.07, 6.45) is -1.73. The van der Waals surface area contributed by atoms with E-state index in [-0.39, 0.29) is 24.1 Å². The maximum atomic E-state index is 12.3. The first-order valence-electron chi connectivity index (χ1n) is 6.96. The molecule has 0 aliphatic heterocycles. The molecule has 2 N–H and O–H groups in total. The lowest BCUT2D eigenvalue weighted by Gasteiger charge is -2.18. The molecule has 0 aromatic carbocycles. The molecule has 0 fully saturated rings. The van der Waals surface area contributed by atoms with Crippen LogP contribution in [0.25, 0.3) is 10.2 Å². The number of aromatic nitrogens is 2. The molecule has 2 heterocycles. The number of hydrogen-bond acceptors (Lipinski definition) is 4. The van der Waals surface area contributed by atoms with Crippen molar-refractivity contribution in [1.82, 2.24) is 9.97 Å². The van der Waals surface area contributed by atoms with Crippen molar-refractivity contribution in [1.29, 1.82) is 0 Å². The highest BCUT2D eigenvalue weighted by atomic mass is 32.1. The second-order valence-corrected chi connectivity index (χ2v) is 6.55. The number of amides is 1. The highest BCUT2D eigenvalue weighted by Gasteiger charge is 2.28. The zero-order chi connectivity index (χ0) is 15.9. The smallest absolute Gasteiger partial charge is 0.369 e. The minimum Gasteiger partial charge on any atom is -0.369 e. The van der Waals surface area contributed by atoms with Gasteiger partial charge in [-0.05, 0) is 24.8 Å². The first-order valence-corrected chi connectivity index (χ1v) is 7.77. The molecule has 0 spiro atoms. The van der Waals surface area contributed by atoms with E-state index in [9.17, 15) is 18.0 Å². The third kappa shape index (κ3) is 3.06. The molecule has 2 aromatic rings. The van der Waals surface area contributed by atoms with Gasteiger partial charge in [0.1, 0.15) is 10.7 Å². The van der Waals surface area contributed by atoms with Crippen LogP contribution in [0, 0.1) is 5.92 Å². The van der Waals surface area contributed by atoms with Crippen LogP contribution in [0.2, 0.25) is 0 Å². The molecule has 118 valence electrons. The van der Waals surface area contributed by atoms with Crippen LogP contribution in [-0.2, 0) is 24.1 Å². The summed E-state index contributed by atoms with van der Waals surface area (Å²) in [7, 11) is 0. The number of nitrogens with two attached hydrogens (primary N) is 1. The number of aryl methyl sites for hydroxylation is 2. The summed E-state index contributed by atoms with van der Waals surface area (Å²) >= 11 is 1.43. The summed E-state index contributed by atoms with van der Waals surface area (Å²) in [6, 6.07) is 0. The minimum atomic E-state index is -4.21. The van der Waals surface area contributed by atoms with Gasteiger partial charge in [0.25, 0.3) is 0 Å². The number of thiophene rings is 1. The molecule has 1 atom stereocenters. The van der Waals surface area contributed by atoms with Crippen molar-refractivity contribution < 1.29 is 18.0 Å². The topological polar surface area (TPSA) is 68.9 Å². The molecule has 1 aliphatic carbocycles. The van der Waals surface area contributed by atoms with Crippen molar-refractivity contribution >= 4 is 27.5 Å². The largest absolute Gasteiger partial charge is 0.389 e. The number of rotatable bonds is 3. The summed E-state index contributed by atoms with van der Waals surface area (Å²) in [5.74, 6) is -0.270. The van der Waals surface area contributed by atoms with Gasteiger partial charge in [0.2, 0.25) is 5.91 Å². The van der Waals surface area contributed by atoms with Gasteiger partial charge in [-0.1, -0.05) is 0 Å². The summed E-state index contributed by atoms with van der Waals surface area (Å²) in [5.41, 5.74) is 6.47. The Bertz CT molecular complexity index is 726. The van der Waals surface area contributed by atoms with Crippen molar-refractivity contribution in [2.45, 2.75) is 38.3 Å². The van der Waals surface area contributed by atoms with E-state index in [2.05, 4.69) is 9.97 Å². The molecule has 0 saturated heterocycles. The van der Waals surface area contributed by atoms with Crippen LogP contribution >= 0.6 is 11.3 Å². The summed E-state index contributed by atoms with van der Waals surface area (Å²) < 4.78 is 36.8. The number of carbonyl (C=O) groups is 1. The normalized spacial score (nSPS) is 18.4. The number of nitrogens with zero attached hydrogens (tertiary/aromatic N) is 2. The predicted molar refractivity (Wildman–Crippen MR) is 76.5 cm³/mol. The molecule has 0 radical (unpaired) electrons. The molecular formula is C14H14F3N3OS. The van der Waals surface area contributed by atoms with Gasteiger partial charge in [0.15, 0.2) is 0 Å². The fourth-order valence-corrected chi connectivity index (χ4v) is 4.00. The van der Waals surface area contributed by atoms with Gasteiger partial charge in [0, 0.05) is 28.8 Å². The Morgan fingerprint density at radius 2 is 2.23 bits per heavy atom. The van der Waals surface area contributed by atoms with Crippen LogP contribution in [-0.4, -0.2) is 22.1 Å². The first-order chi connectivity index (χ1) is 10.3. The van der Waals surface area contributed by atoms with E-state index >= 15 is 0 Å². The van der Waals surface area contributed by atoms with Crippen LogP contribution in [0.1, 0.15) is 29.1 Å². The Hall–Kier alpha value is -1.70. The van der Waals surface area contributed by atoms with E-state index in [0.717, 1.165) is 22.2 Å². The summed E-state index contributed by atoms with van der Waals surface area (Å²) in [4.78, 5) is 21.3. The lowest BCUT2D eigenvalue weighted by molar-refractivity contribution is -0.134. The van der Waals surface area contributed by atoms with E-state index in [1.807, 2.05) is 0 Å². The van der Waals surface area contributed by atoms with Crippen LogP contribution in [0.15, 0.2) is 6.20 Å². The fraction of sp³-hybridized carbons (Fsp3) is 0.500. The van der Waals surface area contributed by atoms with E-state index in [1.54, 1.807) is 6.20 Å². The number of hydrogen-bond donors (Lipinski definition) is 1. The highest BCUT2D eigenvalue weighted by molar-refractivity contribution is 7.18. The molecule has 0 saturated carbocycles. The molecule has 1 unspecified atom stereocenters. The molecule has 4 nitrogen and oxygen atoms in total. The number of primary amides is 1. The van der Waals surface area contributed by atoms with Crippen LogP contribution < -0.4 is 5.73 Å². The number of carbonyl (C=O) groups excluding carboxylic acids is 1. The minimum absolute atomic E-state index is 0.168. The Kier molecular flexibility index (Phi) is 3.80. The van der Waals surface area contributed by atoms with Crippen molar-refractivity contribution in [3.8, 4) is 0 Å². The molecular weight excluding hydrogens is 315 g/mol. The predicted octanol–water partition coefficient (Wildman–Crippen LogP) is 2.78. The second kappa shape index (κ2) is 5.49. The zero-order valence-corrected chi connectivity index (χ0v) is 12.4. The molecule has 8 heteroatoms. The maximum absolute atomic E-state index is 12.3. The zero-order valence-electron chi connectivity index (χ0n) is 11.6. The van der Waals surface area contributed by atoms with E-state index < -0.39 is 12.6 Å². The first kappa shape index (κ1) is 15.2. The maximum Gasteiger partial charge on any atom is 0.389 e. The van der Waals surface area contributed by atoms with Crippen LogP contribution in [0.5, 0.6) is 0 Å². The van der Waals surface area contributed by atoms with Gasteiger partial charge >= 0.3 is 6.18 Å². The van der Waals surface area contributed by atoms with E-state index in [1.165, 1.54) is 11.3 Å². The SMILES string of the molecule is NC(=O)C1CCc2c(sc3nc(CCC(F)(F)F)ncc23)C1. The third-order valence-corrected chi connectivity index (χ3v) is 5.06. The van der Waals surface area contributed by atoms with E-state index in [0.29, 0.717) is 17.7 Å². The van der Waals surface area contributed by atoms with Crippen molar-refractivity contribution in [3.63, 3.8) is 0 Å². The molecule has 1 aliphatic rings. The average molecular weight is 329 g/mol. The summed E-state index contributed by atoms with van der Waals surface area (Å²) in [5, 5.41) is 0.888. The van der Waals surface area contributed by atoms with Crippen molar-refractivity contribution in [2.75, 3.05) is 0 Å². The van der Waals surface area contributed by atoms with Crippen LogP contribution in [0.3, 0.4) is 0 Å². The molecule has 1 amide bonds. The Morgan fingerprint density at radius 3 is 2.91 bits per heavy atom.